The van der Waals surface area contributed by atoms with Crippen molar-refractivity contribution < 1.29 is 28.6 Å². The van der Waals surface area contributed by atoms with E-state index >= 15 is 0 Å². The first-order chi connectivity index (χ1) is 15.5. The Balaban J connectivity index is 2.44. The van der Waals surface area contributed by atoms with Crippen molar-refractivity contribution in [2.45, 2.75) is 64.6 Å². The zero-order valence-corrected chi connectivity index (χ0v) is 20.7. The van der Waals surface area contributed by atoms with E-state index < -0.39 is 29.1 Å². The molecule has 2 atom stereocenters. The van der Waals surface area contributed by atoms with Crippen LogP contribution >= 0.6 is 0 Å². The average Bonchev–Trinajstić information content (AvgIpc) is 3.33. The highest BCUT2D eigenvalue weighted by molar-refractivity contribution is 6.10. The molecule has 0 radical (unpaired) electrons. The largest absolute Gasteiger partial charge is 0.497 e. The number of carbonyl (C=O) groups is 3. The summed E-state index contributed by atoms with van der Waals surface area (Å²) in [6, 6.07) is 4.77. The van der Waals surface area contributed by atoms with Crippen molar-refractivity contribution in [1.29, 1.82) is 0 Å². The summed E-state index contributed by atoms with van der Waals surface area (Å²) in [5.41, 5.74) is -2.36. The Bertz CT molecular complexity index is 844. The number of amides is 2. The van der Waals surface area contributed by atoms with Gasteiger partial charge in [-0.25, -0.2) is 4.79 Å². The first-order valence-electron chi connectivity index (χ1n) is 11.3. The number of likely N-dealkylation sites (N-methyl/N-ethyl adjacent to an activating group) is 2. The molecule has 2 N–H and O–H groups in total. The summed E-state index contributed by atoms with van der Waals surface area (Å²) in [5.74, 6) is -0.604. The van der Waals surface area contributed by atoms with Crippen LogP contribution in [0.4, 0.5) is 0 Å². The van der Waals surface area contributed by atoms with Gasteiger partial charge in [0.15, 0.2) is 0 Å². The molecule has 1 aromatic rings. The van der Waals surface area contributed by atoms with Crippen LogP contribution in [0.1, 0.15) is 53.0 Å². The van der Waals surface area contributed by atoms with Crippen LogP contribution in [0.5, 0.6) is 11.5 Å². The van der Waals surface area contributed by atoms with E-state index in [2.05, 4.69) is 10.6 Å². The van der Waals surface area contributed by atoms with Crippen LogP contribution < -0.4 is 20.1 Å². The van der Waals surface area contributed by atoms with Gasteiger partial charge in [0.25, 0.3) is 5.91 Å². The third-order valence-corrected chi connectivity index (χ3v) is 6.05. The highest BCUT2D eigenvalue weighted by Crippen LogP contribution is 2.34. The molecule has 0 aliphatic carbocycles. The molecule has 184 valence electrons. The van der Waals surface area contributed by atoms with Gasteiger partial charge in [-0.3, -0.25) is 9.59 Å². The van der Waals surface area contributed by atoms with Crippen molar-refractivity contribution in [3.63, 3.8) is 0 Å². The van der Waals surface area contributed by atoms with Crippen molar-refractivity contribution in [3.8, 4) is 11.5 Å². The molecule has 1 fully saturated rings. The summed E-state index contributed by atoms with van der Waals surface area (Å²) >= 11 is 0. The van der Waals surface area contributed by atoms with Crippen molar-refractivity contribution in [1.82, 2.24) is 15.5 Å². The average molecular weight is 464 g/mol. The van der Waals surface area contributed by atoms with Crippen LogP contribution in [-0.4, -0.2) is 68.1 Å². The van der Waals surface area contributed by atoms with Gasteiger partial charge in [-0.05, 0) is 66.1 Å². The summed E-state index contributed by atoms with van der Waals surface area (Å²) < 4.78 is 16.6. The Labute approximate surface area is 196 Å². The molecular weight excluding hydrogens is 426 g/mol. The van der Waals surface area contributed by atoms with Crippen LogP contribution in [0.3, 0.4) is 0 Å². The van der Waals surface area contributed by atoms with Crippen LogP contribution in [0.2, 0.25) is 0 Å². The highest BCUT2D eigenvalue weighted by Gasteiger charge is 2.52. The van der Waals surface area contributed by atoms with Gasteiger partial charge in [-0.1, -0.05) is 0 Å². The molecule has 1 aromatic carbocycles. The molecular formula is C24H37N3O6. The Morgan fingerprint density at radius 3 is 2.15 bits per heavy atom. The molecule has 0 aromatic heterocycles. The first-order valence-corrected chi connectivity index (χ1v) is 11.3. The number of nitrogens with one attached hydrogen (secondary N) is 2. The number of benzene rings is 1. The number of esters is 1. The minimum atomic E-state index is -1.84. The van der Waals surface area contributed by atoms with Crippen LogP contribution in [0.15, 0.2) is 18.2 Å². The molecule has 0 bridgehead atoms. The molecule has 1 aliphatic rings. The normalized spacial score (nSPS) is 17.6. The molecule has 2 rings (SSSR count). The monoisotopic (exact) mass is 463 g/mol. The van der Waals surface area contributed by atoms with E-state index in [1.165, 1.54) is 26.0 Å². The predicted octanol–water partition coefficient (Wildman–Crippen LogP) is 1.98. The number of methoxy groups -OCH3 is 2. The number of ether oxygens (including phenoxy) is 3. The topological polar surface area (TPSA) is 106 Å². The summed E-state index contributed by atoms with van der Waals surface area (Å²) in [7, 11) is 3.07. The SMILES string of the molecule is CCNC(=O)[C@@](C)(C(=O)OC(C)(C)c1cc(OC)cc(OC)c1)N(CC)C(=O)[C@@H]1CCCN1. The van der Waals surface area contributed by atoms with E-state index in [0.29, 0.717) is 30.0 Å². The lowest BCUT2D eigenvalue weighted by Gasteiger charge is -2.40. The fourth-order valence-electron chi connectivity index (χ4n) is 3.98. The third kappa shape index (κ3) is 5.58. The Hall–Kier alpha value is -2.81. The lowest BCUT2D eigenvalue weighted by Crippen LogP contribution is -2.66. The van der Waals surface area contributed by atoms with Crippen LogP contribution in [-0.2, 0) is 24.7 Å². The number of hydrogen-bond acceptors (Lipinski definition) is 7. The fourth-order valence-corrected chi connectivity index (χ4v) is 3.98. The van der Waals surface area contributed by atoms with Crippen LogP contribution in [0, 0.1) is 0 Å². The second-order valence-electron chi connectivity index (χ2n) is 8.66. The quantitative estimate of drug-likeness (QED) is 0.404. The van der Waals surface area contributed by atoms with Crippen molar-refractivity contribution in [2.75, 3.05) is 33.9 Å². The van der Waals surface area contributed by atoms with E-state index in [1.54, 1.807) is 45.9 Å². The summed E-state index contributed by atoms with van der Waals surface area (Å²) in [6.07, 6.45) is 1.52. The zero-order valence-electron chi connectivity index (χ0n) is 20.7. The van der Waals surface area contributed by atoms with Gasteiger partial charge in [0.05, 0.1) is 20.3 Å². The second-order valence-corrected chi connectivity index (χ2v) is 8.66. The van der Waals surface area contributed by atoms with Crippen molar-refractivity contribution >= 4 is 17.8 Å². The maximum Gasteiger partial charge on any atom is 0.342 e. The lowest BCUT2D eigenvalue weighted by molar-refractivity contribution is -0.178. The molecule has 1 heterocycles. The molecule has 9 heteroatoms. The zero-order chi connectivity index (χ0) is 24.8. The minimum absolute atomic E-state index is 0.174. The standard InChI is InChI=1S/C24H37N3O6/c1-8-25-21(29)24(5,27(9-2)20(28)19-11-10-12-26-19)22(30)33-23(3,4)16-13-17(31-6)15-18(14-16)32-7/h13-15,19,26H,8-12H2,1-7H3,(H,25,29)/t19-,24-/m0/s1. The Morgan fingerprint density at radius 1 is 1.09 bits per heavy atom. The maximum atomic E-state index is 13.6. The van der Waals surface area contributed by atoms with Gasteiger partial charge >= 0.3 is 5.97 Å². The van der Waals surface area contributed by atoms with E-state index in [1.807, 2.05) is 0 Å². The van der Waals surface area contributed by atoms with E-state index in [9.17, 15) is 14.4 Å². The number of carbonyl (C=O) groups excluding carboxylic acids is 3. The van der Waals surface area contributed by atoms with Crippen molar-refractivity contribution in [2.24, 2.45) is 0 Å². The molecule has 1 aliphatic heterocycles. The van der Waals surface area contributed by atoms with Gasteiger partial charge in [-0.2, -0.15) is 0 Å². The second kappa shape index (κ2) is 10.9. The summed E-state index contributed by atoms with van der Waals surface area (Å²) in [6.45, 7) is 9.59. The van der Waals surface area contributed by atoms with E-state index in [0.717, 1.165) is 13.0 Å². The Morgan fingerprint density at radius 2 is 1.70 bits per heavy atom. The number of hydrogen-bond donors (Lipinski definition) is 2. The maximum absolute atomic E-state index is 13.6. The highest BCUT2D eigenvalue weighted by atomic mass is 16.6. The van der Waals surface area contributed by atoms with E-state index in [-0.39, 0.29) is 12.5 Å². The molecule has 2 amide bonds. The van der Waals surface area contributed by atoms with Crippen molar-refractivity contribution in [3.05, 3.63) is 23.8 Å². The van der Waals surface area contributed by atoms with Crippen LogP contribution in [0.25, 0.3) is 0 Å². The first kappa shape index (κ1) is 26.4. The summed E-state index contributed by atoms with van der Waals surface area (Å²) in [5, 5.41) is 5.84. The molecule has 1 saturated heterocycles. The van der Waals surface area contributed by atoms with Gasteiger partial charge < -0.3 is 29.7 Å². The molecule has 0 saturated carbocycles. The smallest absolute Gasteiger partial charge is 0.342 e. The number of nitrogens with zero attached hydrogens (tertiary/aromatic N) is 1. The minimum Gasteiger partial charge on any atom is -0.497 e. The van der Waals surface area contributed by atoms with E-state index in [4.69, 9.17) is 14.2 Å². The summed E-state index contributed by atoms with van der Waals surface area (Å²) in [4.78, 5) is 41.4. The fraction of sp³-hybridized carbons (Fsp3) is 0.625. The predicted molar refractivity (Wildman–Crippen MR) is 124 cm³/mol. The number of rotatable bonds is 10. The molecule has 33 heavy (non-hydrogen) atoms. The molecule has 0 unspecified atom stereocenters. The third-order valence-electron chi connectivity index (χ3n) is 6.05. The van der Waals surface area contributed by atoms with Gasteiger partial charge in [-0.15, -0.1) is 0 Å². The lowest BCUT2D eigenvalue weighted by atomic mass is 9.94. The Kier molecular flexibility index (Phi) is 8.71. The van der Waals surface area contributed by atoms with Gasteiger partial charge in [0, 0.05) is 24.7 Å². The van der Waals surface area contributed by atoms with Gasteiger partial charge in [0.1, 0.15) is 17.1 Å². The molecule has 9 nitrogen and oxygen atoms in total. The van der Waals surface area contributed by atoms with Gasteiger partial charge in [0.2, 0.25) is 11.4 Å². The molecule has 0 spiro atoms.